The van der Waals surface area contributed by atoms with E-state index in [4.69, 9.17) is 0 Å². The van der Waals surface area contributed by atoms with Crippen molar-refractivity contribution in [2.24, 2.45) is 0 Å². The first-order valence-electron chi connectivity index (χ1n) is 9.89. The van der Waals surface area contributed by atoms with Gasteiger partial charge in [0, 0.05) is 39.1 Å². The molecule has 4 rings (SSSR count). The minimum atomic E-state index is -3.62. The Hall–Kier alpha value is -3.17. The molecule has 162 valence electrons. The molecule has 8 nitrogen and oxygen atoms in total. The van der Waals surface area contributed by atoms with E-state index >= 15 is 0 Å². The molecule has 0 radical (unpaired) electrons. The molecule has 2 N–H and O–H groups in total. The van der Waals surface area contributed by atoms with Crippen LogP contribution in [0.15, 0.2) is 63.0 Å². The van der Waals surface area contributed by atoms with Crippen molar-refractivity contribution in [3.8, 4) is 0 Å². The number of benzene rings is 2. The van der Waals surface area contributed by atoms with Crippen molar-refractivity contribution < 1.29 is 8.42 Å². The molecular weight excluding hydrogens is 416 g/mol. The normalized spacial score (nSPS) is 16.4. The minimum Gasteiger partial charge on any atom is -0.374 e. The highest BCUT2D eigenvalue weighted by Gasteiger charge is 2.28. The first kappa shape index (κ1) is 21.1. The number of anilines is 4. The van der Waals surface area contributed by atoms with E-state index in [1.807, 2.05) is 31.3 Å². The smallest absolute Gasteiger partial charge is 0.253 e. The van der Waals surface area contributed by atoms with Crippen LogP contribution in [0, 0.1) is 0 Å². The fraction of sp³-hybridized carbons (Fsp3) is 0.273. The van der Waals surface area contributed by atoms with Gasteiger partial charge < -0.3 is 15.5 Å². The van der Waals surface area contributed by atoms with Crippen molar-refractivity contribution in [3.63, 3.8) is 0 Å². The summed E-state index contributed by atoms with van der Waals surface area (Å²) >= 11 is 0. The van der Waals surface area contributed by atoms with E-state index in [1.54, 1.807) is 12.1 Å². The average Bonchev–Trinajstić information content (AvgIpc) is 2.77. The molecular formula is C22H24N4O4S. The largest absolute Gasteiger partial charge is 0.374 e. The maximum atomic E-state index is 12.4. The molecule has 1 heterocycles. The highest BCUT2D eigenvalue weighted by atomic mass is 32.2. The molecule has 1 unspecified atom stereocenters. The van der Waals surface area contributed by atoms with Crippen molar-refractivity contribution in [2.75, 3.05) is 43.2 Å². The molecule has 0 bridgehead atoms. The van der Waals surface area contributed by atoms with Crippen LogP contribution in [0.5, 0.6) is 0 Å². The van der Waals surface area contributed by atoms with Crippen molar-refractivity contribution in [1.82, 2.24) is 4.31 Å². The van der Waals surface area contributed by atoms with Crippen LogP contribution in [0.4, 0.5) is 22.7 Å². The Morgan fingerprint density at radius 3 is 2.45 bits per heavy atom. The lowest BCUT2D eigenvalue weighted by Crippen LogP contribution is -2.39. The molecule has 1 aliphatic heterocycles. The molecule has 0 spiro atoms. The van der Waals surface area contributed by atoms with Crippen molar-refractivity contribution >= 4 is 32.8 Å². The first-order valence-corrected chi connectivity index (χ1v) is 11.3. The number of hydrogen-bond acceptors (Lipinski definition) is 7. The summed E-state index contributed by atoms with van der Waals surface area (Å²) in [5.41, 5.74) is 1.76. The first-order chi connectivity index (χ1) is 14.7. The fourth-order valence-corrected chi connectivity index (χ4v) is 4.74. The van der Waals surface area contributed by atoms with Gasteiger partial charge in [-0.05, 0) is 36.2 Å². The van der Waals surface area contributed by atoms with Crippen LogP contribution in [0.25, 0.3) is 0 Å². The predicted molar refractivity (Wildman–Crippen MR) is 123 cm³/mol. The number of nitrogens with one attached hydrogen (secondary N) is 2. The molecule has 3 aromatic carbocycles. The van der Waals surface area contributed by atoms with E-state index < -0.39 is 20.9 Å². The number of rotatable bonds is 6. The van der Waals surface area contributed by atoms with Gasteiger partial charge in [0.25, 0.3) is 10.9 Å². The van der Waals surface area contributed by atoms with Gasteiger partial charge in [-0.2, -0.15) is 0 Å². The topological polar surface area (TPSA) is 98.8 Å². The van der Waals surface area contributed by atoms with E-state index in [9.17, 15) is 18.0 Å². The fourth-order valence-electron chi connectivity index (χ4n) is 3.79. The number of hydrogen-bond donors (Lipinski definition) is 2. The zero-order chi connectivity index (χ0) is 22.3. The monoisotopic (exact) mass is 440 g/mol. The van der Waals surface area contributed by atoms with E-state index in [-0.39, 0.29) is 22.3 Å². The lowest BCUT2D eigenvalue weighted by atomic mass is 9.96. The number of para-hydroxylation sites is 1. The van der Waals surface area contributed by atoms with Gasteiger partial charge in [0.2, 0.25) is 10.0 Å². The second-order valence-electron chi connectivity index (χ2n) is 7.81. The molecule has 0 saturated carbocycles. The molecule has 0 aliphatic carbocycles. The SMILES string of the molecule is CN1CCC(Nc2c(Nc3cccc(S(=O)(=O)N(C)C)c3)c(=O)c2=O)c2ccccc21. The summed E-state index contributed by atoms with van der Waals surface area (Å²) in [5.74, 6) is 0. The lowest BCUT2D eigenvalue weighted by molar-refractivity contribution is 0.521. The van der Waals surface area contributed by atoms with Crippen LogP contribution < -0.4 is 26.4 Å². The third-order valence-corrected chi connectivity index (χ3v) is 7.40. The molecule has 0 fully saturated rings. The summed E-state index contributed by atoms with van der Waals surface area (Å²) in [6, 6.07) is 14.0. The Kier molecular flexibility index (Phi) is 5.32. The summed E-state index contributed by atoms with van der Waals surface area (Å²) in [4.78, 5) is 26.8. The zero-order valence-electron chi connectivity index (χ0n) is 17.5. The minimum absolute atomic E-state index is 0.0972. The number of nitrogens with zero attached hydrogens (tertiary/aromatic N) is 2. The molecule has 1 aliphatic rings. The lowest BCUT2D eigenvalue weighted by Gasteiger charge is -2.34. The summed E-state index contributed by atoms with van der Waals surface area (Å²) in [5, 5.41) is 6.18. The summed E-state index contributed by atoms with van der Waals surface area (Å²) in [7, 11) is 1.31. The molecule has 0 amide bonds. The van der Waals surface area contributed by atoms with Gasteiger partial charge in [-0.3, -0.25) is 9.59 Å². The predicted octanol–water partition coefficient (Wildman–Crippen LogP) is 2.27. The standard InChI is InChI=1S/C22H24N4O4S/c1-25(2)31(29,30)15-8-6-7-14(13-15)23-19-20(22(28)21(19)27)24-17-11-12-26(3)18-10-5-4-9-16(17)18/h4-10,13,17,23-24H,11-12H2,1-3H3. The third kappa shape index (κ3) is 3.70. The van der Waals surface area contributed by atoms with Crippen molar-refractivity contribution in [3.05, 3.63) is 74.5 Å². The van der Waals surface area contributed by atoms with Crippen LogP contribution in [0.3, 0.4) is 0 Å². The van der Waals surface area contributed by atoms with Gasteiger partial charge in [0.1, 0.15) is 11.4 Å². The molecule has 31 heavy (non-hydrogen) atoms. The molecule has 1 atom stereocenters. The average molecular weight is 441 g/mol. The van der Waals surface area contributed by atoms with E-state index in [0.29, 0.717) is 5.69 Å². The second-order valence-corrected chi connectivity index (χ2v) is 9.97. The van der Waals surface area contributed by atoms with Crippen molar-refractivity contribution in [2.45, 2.75) is 17.4 Å². The van der Waals surface area contributed by atoms with Gasteiger partial charge in [0.05, 0.1) is 10.9 Å². The van der Waals surface area contributed by atoms with E-state index in [2.05, 4.69) is 15.5 Å². The van der Waals surface area contributed by atoms with Gasteiger partial charge in [0.15, 0.2) is 0 Å². The Morgan fingerprint density at radius 2 is 1.71 bits per heavy atom. The second kappa shape index (κ2) is 7.82. The van der Waals surface area contributed by atoms with Crippen LogP contribution in [-0.2, 0) is 10.0 Å². The van der Waals surface area contributed by atoms with Crippen LogP contribution in [0.1, 0.15) is 18.0 Å². The quantitative estimate of drug-likeness (QED) is 0.568. The third-order valence-electron chi connectivity index (χ3n) is 5.59. The van der Waals surface area contributed by atoms with Crippen LogP contribution in [-0.4, -0.2) is 40.4 Å². The Balaban J connectivity index is 1.62. The maximum Gasteiger partial charge on any atom is 0.253 e. The molecule has 3 aromatic rings. The Bertz CT molecular complexity index is 1310. The highest BCUT2D eigenvalue weighted by Crippen LogP contribution is 2.36. The highest BCUT2D eigenvalue weighted by molar-refractivity contribution is 7.89. The Labute approximate surface area is 180 Å². The number of fused-ring (bicyclic) bond motifs is 1. The van der Waals surface area contributed by atoms with E-state index in [0.717, 1.165) is 28.5 Å². The summed E-state index contributed by atoms with van der Waals surface area (Å²) < 4.78 is 25.9. The van der Waals surface area contributed by atoms with Gasteiger partial charge in [-0.15, -0.1) is 0 Å². The summed E-state index contributed by atoms with van der Waals surface area (Å²) in [6.45, 7) is 0.817. The zero-order valence-corrected chi connectivity index (χ0v) is 18.4. The van der Waals surface area contributed by atoms with Gasteiger partial charge >= 0.3 is 0 Å². The summed E-state index contributed by atoms with van der Waals surface area (Å²) in [6.07, 6.45) is 0.780. The van der Waals surface area contributed by atoms with Crippen LogP contribution >= 0.6 is 0 Å². The molecule has 0 aromatic heterocycles. The van der Waals surface area contributed by atoms with E-state index in [1.165, 1.54) is 26.2 Å². The molecule has 9 heteroatoms. The van der Waals surface area contributed by atoms with Gasteiger partial charge in [-0.1, -0.05) is 24.3 Å². The number of sulfonamides is 1. The van der Waals surface area contributed by atoms with Crippen LogP contribution in [0.2, 0.25) is 0 Å². The molecule has 0 saturated heterocycles. The van der Waals surface area contributed by atoms with Crippen molar-refractivity contribution in [1.29, 1.82) is 0 Å². The van der Waals surface area contributed by atoms with Gasteiger partial charge in [-0.25, -0.2) is 12.7 Å². The maximum absolute atomic E-state index is 12.4. The Morgan fingerprint density at radius 1 is 1.00 bits per heavy atom.